The molecule has 0 saturated carbocycles. The maximum absolute atomic E-state index is 12.1. The topological polar surface area (TPSA) is 72.0 Å². The lowest BCUT2D eigenvalue weighted by atomic mass is 9.94. The van der Waals surface area contributed by atoms with Gasteiger partial charge in [-0.1, -0.05) is 35.0 Å². The normalized spacial score (nSPS) is 25.0. The van der Waals surface area contributed by atoms with E-state index >= 15 is 0 Å². The molecule has 3 rings (SSSR count). The average Bonchev–Trinajstić information content (AvgIpc) is 3.02. The number of carbonyl (C=O) groups is 1. The fourth-order valence-electron chi connectivity index (χ4n) is 3.25. The molecule has 2 N–H and O–H groups in total. The predicted molar refractivity (Wildman–Crippen MR) is 96.8 cm³/mol. The average molecular weight is 345 g/mol. The molecule has 0 bridgehead atoms. The molecule has 6 heteroatoms. The zero-order valence-electron chi connectivity index (χ0n) is 15.2. The Bertz CT molecular complexity index is 640. The maximum atomic E-state index is 12.1. The largest absolute Gasteiger partial charge is 0.390 e. The lowest BCUT2D eigenvalue weighted by Gasteiger charge is -2.35. The van der Waals surface area contributed by atoms with Gasteiger partial charge in [-0.25, -0.2) is 4.79 Å². The van der Waals surface area contributed by atoms with Gasteiger partial charge in [-0.2, -0.15) is 0 Å². The van der Waals surface area contributed by atoms with Gasteiger partial charge >= 0.3 is 6.03 Å². The highest BCUT2D eigenvalue weighted by Crippen LogP contribution is 2.23. The molecule has 1 saturated heterocycles. The van der Waals surface area contributed by atoms with Crippen LogP contribution in [0.5, 0.6) is 0 Å². The van der Waals surface area contributed by atoms with E-state index < -0.39 is 0 Å². The fraction of sp³-hybridized carbons (Fsp3) is 0.579. The second-order valence-electron chi connectivity index (χ2n) is 7.49. The molecule has 1 aromatic carbocycles. The SMILES string of the molecule is Cc1ccc(C2=NO[C@@H](CNC(=O)N[C@@H]3CCOC(C)(C)C3)C2)cc1. The summed E-state index contributed by atoms with van der Waals surface area (Å²) in [5.41, 5.74) is 3.04. The minimum Gasteiger partial charge on any atom is -0.390 e. The Labute approximate surface area is 149 Å². The summed E-state index contributed by atoms with van der Waals surface area (Å²) in [6, 6.07) is 8.21. The van der Waals surface area contributed by atoms with Crippen molar-refractivity contribution in [2.75, 3.05) is 13.2 Å². The van der Waals surface area contributed by atoms with E-state index in [1.54, 1.807) is 0 Å². The summed E-state index contributed by atoms with van der Waals surface area (Å²) in [7, 11) is 0. The third-order valence-electron chi connectivity index (χ3n) is 4.64. The minimum absolute atomic E-state index is 0.117. The molecule has 2 heterocycles. The molecule has 0 spiro atoms. The van der Waals surface area contributed by atoms with Gasteiger partial charge < -0.3 is 20.2 Å². The number of hydrogen-bond donors (Lipinski definition) is 2. The third-order valence-corrected chi connectivity index (χ3v) is 4.64. The second kappa shape index (κ2) is 7.44. The lowest BCUT2D eigenvalue weighted by Crippen LogP contribution is -2.49. The molecule has 0 unspecified atom stereocenters. The molecule has 1 fully saturated rings. The summed E-state index contributed by atoms with van der Waals surface area (Å²) in [5, 5.41) is 10.1. The van der Waals surface area contributed by atoms with Gasteiger partial charge in [-0.3, -0.25) is 0 Å². The van der Waals surface area contributed by atoms with E-state index in [1.807, 2.05) is 12.1 Å². The first-order valence-electron chi connectivity index (χ1n) is 8.89. The van der Waals surface area contributed by atoms with Gasteiger partial charge in [-0.05, 0) is 39.2 Å². The fourth-order valence-corrected chi connectivity index (χ4v) is 3.25. The van der Waals surface area contributed by atoms with Crippen LogP contribution < -0.4 is 10.6 Å². The Morgan fingerprint density at radius 2 is 2.08 bits per heavy atom. The highest BCUT2D eigenvalue weighted by atomic mass is 16.6. The molecule has 2 atom stereocenters. The smallest absolute Gasteiger partial charge is 0.315 e. The Morgan fingerprint density at radius 3 is 2.80 bits per heavy atom. The number of nitrogens with zero attached hydrogens (tertiary/aromatic N) is 1. The van der Waals surface area contributed by atoms with Crippen molar-refractivity contribution < 1.29 is 14.4 Å². The zero-order valence-corrected chi connectivity index (χ0v) is 15.2. The van der Waals surface area contributed by atoms with Crippen molar-refractivity contribution in [2.45, 2.75) is 57.8 Å². The van der Waals surface area contributed by atoms with E-state index in [1.165, 1.54) is 5.56 Å². The molecular weight excluding hydrogens is 318 g/mol. The molecule has 0 aliphatic carbocycles. The summed E-state index contributed by atoms with van der Waals surface area (Å²) >= 11 is 0. The number of benzene rings is 1. The van der Waals surface area contributed by atoms with E-state index in [-0.39, 0.29) is 23.8 Å². The number of rotatable bonds is 4. The van der Waals surface area contributed by atoms with Crippen LogP contribution in [0.3, 0.4) is 0 Å². The molecule has 1 aromatic rings. The van der Waals surface area contributed by atoms with Crippen LogP contribution in [0.1, 0.15) is 44.2 Å². The third kappa shape index (κ3) is 4.95. The van der Waals surface area contributed by atoms with Crippen LogP contribution in [0.25, 0.3) is 0 Å². The number of nitrogens with one attached hydrogen (secondary N) is 2. The number of ether oxygens (including phenoxy) is 1. The van der Waals surface area contributed by atoms with Gasteiger partial charge in [0.15, 0.2) is 6.10 Å². The molecule has 0 aromatic heterocycles. The first-order valence-corrected chi connectivity index (χ1v) is 8.89. The molecular formula is C19H27N3O3. The van der Waals surface area contributed by atoms with E-state index in [9.17, 15) is 4.79 Å². The van der Waals surface area contributed by atoms with Crippen LogP contribution in [0.4, 0.5) is 4.79 Å². The molecule has 0 radical (unpaired) electrons. The number of amides is 2. The van der Waals surface area contributed by atoms with Gasteiger partial charge in [-0.15, -0.1) is 0 Å². The minimum atomic E-state index is -0.179. The summed E-state index contributed by atoms with van der Waals surface area (Å²) in [6.45, 7) is 7.28. The van der Waals surface area contributed by atoms with Crippen LogP contribution in [-0.4, -0.2) is 42.6 Å². The van der Waals surface area contributed by atoms with Crippen molar-refractivity contribution >= 4 is 11.7 Å². The van der Waals surface area contributed by atoms with E-state index in [4.69, 9.17) is 9.57 Å². The first kappa shape index (κ1) is 17.7. The monoisotopic (exact) mass is 345 g/mol. The van der Waals surface area contributed by atoms with Crippen molar-refractivity contribution in [3.63, 3.8) is 0 Å². The Morgan fingerprint density at radius 1 is 1.32 bits per heavy atom. The van der Waals surface area contributed by atoms with Gasteiger partial charge in [0.05, 0.1) is 17.9 Å². The van der Waals surface area contributed by atoms with E-state index in [0.29, 0.717) is 19.6 Å². The summed E-state index contributed by atoms with van der Waals surface area (Å²) < 4.78 is 5.67. The number of carbonyl (C=O) groups excluding carboxylic acids is 1. The van der Waals surface area contributed by atoms with E-state index in [0.717, 1.165) is 24.1 Å². The Kier molecular flexibility index (Phi) is 5.27. The summed E-state index contributed by atoms with van der Waals surface area (Å²) in [5.74, 6) is 0. The zero-order chi connectivity index (χ0) is 17.9. The van der Waals surface area contributed by atoms with Crippen LogP contribution >= 0.6 is 0 Å². The standard InChI is InChI=1S/C19H27N3O3/c1-13-4-6-14(7-5-13)17-10-16(25-22-17)12-20-18(23)21-15-8-9-24-19(2,3)11-15/h4-7,15-16H,8-12H2,1-3H3,(H2,20,21,23)/t15-,16-/m1/s1. The first-order chi connectivity index (χ1) is 11.9. The summed E-state index contributed by atoms with van der Waals surface area (Å²) in [4.78, 5) is 17.6. The van der Waals surface area contributed by atoms with Crippen molar-refractivity contribution in [1.29, 1.82) is 0 Å². The summed E-state index contributed by atoms with van der Waals surface area (Å²) in [6.07, 6.45) is 2.25. The number of urea groups is 1. The molecule has 136 valence electrons. The van der Waals surface area contributed by atoms with Crippen molar-refractivity contribution in [3.05, 3.63) is 35.4 Å². The maximum Gasteiger partial charge on any atom is 0.315 e. The number of aryl methyl sites for hydroxylation is 1. The Hall–Kier alpha value is -2.08. The van der Waals surface area contributed by atoms with Gasteiger partial charge in [0, 0.05) is 19.1 Å². The van der Waals surface area contributed by atoms with Gasteiger partial charge in [0.1, 0.15) is 0 Å². The predicted octanol–water partition coefficient (Wildman–Crippen LogP) is 2.74. The van der Waals surface area contributed by atoms with E-state index in [2.05, 4.69) is 48.7 Å². The second-order valence-corrected chi connectivity index (χ2v) is 7.49. The number of oxime groups is 1. The molecule has 25 heavy (non-hydrogen) atoms. The highest BCUT2D eigenvalue weighted by Gasteiger charge is 2.30. The van der Waals surface area contributed by atoms with Crippen molar-refractivity contribution in [2.24, 2.45) is 5.16 Å². The molecule has 6 nitrogen and oxygen atoms in total. The molecule has 2 aliphatic rings. The van der Waals surface area contributed by atoms with Crippen LogP contribution in [0.15, 0.2) is 29.4 Å². The van der Waals surface area contributed by atoms with Crippen LogP contribution in [-0.2, 0) is 9.57 Å². The lowest BCUT2D eigenvalue weighted by molar-refractivity contribution is -0.0611. The van der Waals surface area contributed by atoms with Gasteiger partial charge in [0.2, 0.25) is 0 Å². The quantitative estimate of drug-likeness (QED) is 0.881. The Balaban J connectivity index is 1.41. The molecule has 2 aliphatic heterocycles. The highest BCUT2D eigenvalue weighted by molar-refractivity contribution is 6.01. The van der Waals surface area contributed by atoms with Crippen molar-refractivity contribution in [1.82, 2.24) is 10.6 Å². The van der Waals surface area contributed by atoms with Crippen molar-refractivity contribution in [3.8, 4) is 0 Å². The number of hydrogen-bond acceptors (Lipinski definition) is 4. The van der Waals surface area contributed by atoms with Crippen LogP contribution in [0.2, 0.25) is 0 Å². The molecule has 2 amide bonds. The van der Waals surface area contributed by atoms with Gasteiger partial charge in [0.25, 0.3) is 0 Å². The van der Waals surface area contributed by atoms with Crippen LogP contribution in [0, 0.1) is 6.92 Å².